The number of benzene rings is 1. The summed E-state index contributed by atoms with van der Waals surface area (Å²) in [7, 11) is 0. The van der Waals surface area contributed by atoms with Crippen LogP contribution < -0.4 is 0 Å². The number of rotatable bonds is 4. The minimum Gasteiger partial charge on any atom is -0.481 e. The number of carboxylic acid groups (broad SMARTS) is 1. The maximum Gasteiger partial charge on any atom is 0.307 e. The van der Waals surface area contributed by atoms with Crippen molar-refractivity contribution >= 4 is 23.2 Å². The fourth-order valence-electron chi connectivity index (χ4n) is 3.79. The Kier molecular flexibility index (Phi) is 4.84. The van der Waals surface area contributed by atoms with Crippen LogP contribution in [0.5, 0.6) is 0 Å². The number of hydrogen-bond donors (Lipinski definition) is 1. The van der Waals surface area contributed by atoms with Crippen molar-refractivity contribution in [3.63, 3.8) is 0 Å². The highest BCUT2D eigenvalue weighted by Crippen LogP contribution is 2.36. The Balaban J connectivity index is 2.02. The van der Waals surface area contributed by atoms with E-state index in [0.717, 1.165) is 39.4 Å². The van der Waals surface area contributed by atoms with Gasteiger partial charge in [0.25, 0.3) is 0 Å². The molecule has 6 heteroatoms. The number of halogens is 1. The van der Waals surface area contributed by atoms with Crippen molar-refractivity contribution < 1.29 is 9.90 Å². The number of imidazole rings is 1. The Morgan fingerprint density at radius 3 is 2.41 bits per heavy atom. The number of aryl methyl sites for hydroxylation is 2. The van der Waals surface area contributed by atoms with E-state index in [9.17, 15) is 9.90 Å². The monoisotopic (exact) mass is 405 g/mol. The molecule has 0 aliphatic heterocycles. The van der Waals surface area contributed by atoms with E-state index in [0.29, 0.717) is 16.3 Å². The lowest BCUT2D eigenvalue weighted by Gasteiger charge is -2.17. The Bertz CT molecular complexity index is 1240. The molecule has 0 bridgehead atoms. The summed E-state index contributed by atoms with van der Waals surface area (Å²) in [6.45, 7) is 5.84. The van der Waals surface area contributed by atoms with Crippen molar-refractivity contribution in [2.45, 2.75) is 27.2 Å². The number of hydrogen-bond acceptors (Lipinski definition) is 3. The number of carbonyl (C=O) groups is 1. The molecule has 0 unspecified atom stereocenters. The molecule has 3 heterocycles. The number of aliphatic carboxylic acids is 1. The topological polar surface area (TPSA) is 67.5 Å². The Hall–Kier alpha value is -3.18. The van der Waals surface area contributed by atoms with Gasteiger partial charge in [-0.25, -0.2) is 4.98 Å². The van der Waals surface area contributed by atoms with Crippen molar-refractivity contribution in [1.29, 1.82) is 0 Å². The molecule has 0 saturated heterocycles. The quantitative estimate of drug-likeness (QED) is 0.502. The molecule has 0 amide bonds. The maximum absolute atomic E-state index is 11.5. The van der Waals surface area contributed by atoms with Crippen LogP contribution in [0.3, 0.4) is 0 Å². The van der Waals surface area contributed by atoms with E-state index >= 15 is 0 Å². The van der Waals surface area contributed by atoms with Gasteiger partial charge in [-0.1, -0.05) is 29.8 Å². The minimum atomic E-state index is -0.888. The number of carboxylic acids is 1. The van der Waals surface area contributed by atoms with Crippen LogP contribution in [0.25, 0.3) is 28.2 Å². The van der Waals surface area contributed by atoms with Gasteiger partial charge in [0, 0.05) is 22.6 Å². The average Bonchev–Trinajstić information content (AvgIpc) is 3.02. The van der Waals surface area contributed by atoms with Gasteiger partial charge >= 0.3 is 5.97 Å². The second kappa shape index (κ2) is 7.33. The molecule has 4 aromatic rings. The van der Waals surface area contributed by atoms with Crippen LogP contribution in [-0.4, -0.2) is 25.4 Å². The van der Waals surface area contributed by atoms with Crippen LogP contribution in [0.1, 0.15) is 22.5 Å². The van der Waals surface area contributed by atoms with E-state index in [1.165, 1.54) is 0 Å². The van der Waals surface area contributed by atoms with Gasteiger partial charge in [-0.3, -0.25) is 9.78 Å². The molecule has 0 saturated carbocycles. The molecule has 0 aliphatic rings. The lowest BCUT2D eigenvalue weighted by Crippen LogP contribution is -2.09. The highest BCUT2D eigenvalue weighted by molar-refractivity contribution is 6.30. The molecule has 0 atom stereocenters. The first-order chi connectivity index (χ1) is 13.9. The Morgan fingerprint density at radius 1 is 1.03 bits per heavy atom. The Labute approximate surface area is 173 Å². The highest BCUT2D eigenvalue weighted by atomic mass is 35.5. The number of nitrogens with zero attached hydrogens (tertiary/aromatic N) is 3. The van der Waals surface area contributed by atoms with Gasteiger partial charge in [0.05, 0.1) is 12.1 Å². The van der Waals surface area contributed by atoms with Crippen LogP contribution in [0.15, 0.2) is 48.7 Å². The van der Waals surface area contributed by atoms with Gasteiger partial charge in [0.1, 0.15) is 11.3 Å². The molecule has 1 N–H and O–H groups in total. The van der Waals surface area contributed by atoms with Crippen LogP contribution >= 0.6 is 11.6 Å². The lowest BCUT2D eigenvalue weighted by atomic mass is 9.90. The van der Waals surface area contributed by atoms with Crippen molar-refractivity contribution in [3.05, 3.63) is 76.2 Å². The van der Waals surface area contributed by atoms with Gasteiger partial charge < -0.3 is 9.51 Å². The van der Waals surface area contributed by atoms with Gasteiger partial charge in [-0.2, -0.15) is 0 Å². The van der Waals surface area contributed by atoms with Crippen LogP contribution in [0, 0.1) is 20.8 Å². The van der Waals surface area contributed by atoms with E-state index in [-0.39, 0.29) is 6.42 Å². The van der Waals surface area contributed by atoms with Gasteiger partial charge in [-0.05, 0) is 67.3 Å². The number of fused-ring (bicyclic) bond motifs is 1. The molecular weight excluding hydrogens is 386 g/mol. The molecule has 0 fully saturated rings. The fraction of sp³-hybridized carbons (Fsp3) is 0.174. The summed E-state index contributed by atoms with van der Waals surface area (Å²) in [5.41, 5.74) is 7.50. The molecule has 1 aromatic carbocycles. The molecule has 5 nitrogen and oxygen atoms in total. The SMILES string of the molecule is Cc1nc(-c2nc3ccccn3c2C)c(C)c(-c2ccc(Cl)cc2)c1CC(=O)O. The average molecular weight is 406 g/mol. The molecule has 4 rings (SSSR count). The molecule has 146 valence electrons. The van der Waals surface area contributed by atoms with Crippen molar-refractivity contribution in [1.82, 2.24) is 14.4 Å². The molecule has 0 spiro atoms. The second-order valence-electron chi connectivity index (χ2n) is 7.08. The zero-order valence-electron chi connectivity index (χ0n) is 16.4. The predicted octanol–water partition coefficient (Wildman–Crippen LogP) is 5.27. The fourth-order valence-corrected chi connectivity index (χ4v) is 3.92. The first kappa shape index (κ1) is 19.2. The van der Waals surface area contributed by atoms with Gasteiger partial charge in [0.15, 0.2) is 0 Å². The summed E-state index contributed by atoms with van der Waals surface area (Å²) in [4.78, 5) is 21.1. The van der Waals surface area contributed by atoms with E-state index in [2.05, 4.69) is 0 Å². The molecule has 29 heavy (non-hydrogen) atoms. The maximum atomic E-state index is 11.5. The molecular formula is C23H20ClN3O2. The van der Waals surface area contributed by atoms with E-state index in [1.54, 1.807) is 0 Å². The number of pyridine rings is 2. The second-order valence-corrected chi connectivity index (χ2v) is 7.51. The summed E-state index contributed by atoms with van der Waals surface area (Å²) in [5, 5.41) is 10.1. The first-order valence-corrected chi connectivity index (χ1v) is 9.66. The van der Waals surface area contributed by atoms with Crippen LogP contribution in [-0.2, 0) is 11.2 Å². The van der Waals surface area contributed by atoms with Crippen molar-refractivity contribution in [2.75, 3.05) is 0 Å². The standard InChI is InChI=1S/C23H20ClN3O2/c1-13-21(16-7-9-17(24)10-8-16)18(12-20(28)29)14(2)25-22(13)23-15(3)27-11-5-4-6-19(27)26-23/h4-11H,12H2,1-3H3,(H,28,29). The number of aromatic nitrogens is 3. The first-order valence-electron chi connectivity index (χ1n) is 9.28. The summed E-state index contributed by atoms with van der Waals surface area (Å²) in [6, 6.07) is 13.3. The molecule has 0 radical (unpaired) electrons. The third kappa shape index (κ3) is 3.38. The van der Waals surface area contributed by atoms with E-state index < -0.39 is 5.97 Å². The van der Waals surface area contributed by atoms with Gasteiger partial charge in [0.2, 0.25) is 0 Å². The largest absolute Gasteiger partial charge is 0.481 e. The predicted molar refractivity (Wildman–Crippen MR) is 114 cm³/mol. The molecule has 3 aromatic heterocycles. The minimum absolute atomic E-state index is 0.0952. The zero-order valence-corrected chi connectivity index (χ0v) is 17.2. The normalized spacial score (nSPS) is 11.2. The van der Waals surface area contributed by atoms with Crippen LogP contribution in [0.2, 0.25) is 5.02 Å². The summed E-state index contributed by atoms with van der Waals surface area (Å²) in [6.07, 6.45) is 1.88. The van der Waals surface area contributed by atoms with Crippen LogP contribution in [0.4, 0.5) is 0 Å². The highest BCUT2D eigenvalue weighted by Gasteiger charge is 2.22. The Morgan fingerprint density at radius 2 is 1.76 bits per heavy atom. The summed E-state index contributed by atoms with van der Waals surface area (Å²) < 4.78 is 2.03. The zero-order chi connectivity index (χ0) is 20.7. The third-order valence-electron chi connectivity index (χ3n) is 5.20. The van der Waals surface area contributed by atoms with Crippen molar-refractivity contribution in [3.8, 4) is 22.5 Å². The van der Waals surface area contributed by atoms with E-state index in [4.69, 9.17) is 21.6 Å². The van der Waals surface area contributed by atoms with Gasteiger partial charge in [-0.15, -0.1) is 0 Å². The summed E-state index contributed by atoms with van der Waals surface area (Å²) in [5.74, 6) is -0.888. The van der Waals surface area contributed by atoms with E-state index in [1.807, 2.05) is 73.8 Å². The summed E-state index contributed by atoms with van der Waals surface area (Å²) >= 11 is 6.07. The third-order valence-corrected chi connectivity index (χ3v) is 5.45. The lowest BCUT2D eigenvalue weighted by molar-refractivity contribution is -0.136. The van der Waals surface area contributed by atoms with Crippen molar-refractivity contribution in [2.24, 2.45) is 0 Å². The molecule has 0 aliphatic carbocycles. The smallest absolute Gasteiger partial charge is 0.307 e.